The summed E-state index contributed by atoms with van der Waals surface area (Å²) in [5.41, 5.74) is 0. The molecule has 0 aromatic carbocycles. The van der Waals surface area contributed by atoms with Crippen molar-refractivity contribution >= 4 is 0 Å². The van der Waals surface area contributed by atoms with E-state index >= 15 is 0 Å². The lowest BCUT2D eigenvalue weighted by Crippen LogP contribution is -2.38. The molecule has 0 bridgehead atoms. The van der Waals surface area contributed by atoms with Crippen molar-refractivity contribution in [3.8, 4) is 0 Å². The largest absolute Gasteiger partial charge is 0.380 e. The highest BCUT2D eigenvalue weighted by Gasteiger charge is 2.18. The molecular weight excluding hydrogens is 164 g/mol. The number of nitrogens with one attached hydrogen (secondary N) is 1. The van der Waals surface area contributed by atoms with Crippen LogP contribution in [0.1, 0.15) is 19.3 Å². The van der Waals surface area contributed by atoms with E-state index in [0.717, 1.165) is 25.8 Å². The van der Waals surface area contributed by atoms with Crippen molar-refractivity contribution in [1.82, 2.24) is 10.2 Å². The van der Waals surface area contributed by atoms with E-state index in [2.05, 4.69) is 10.2 Å². The van der Waals surface area contributed by atoms with Gasteiger partial charge in [-0.15, -0.1) is 0 Å². The lowest BCUT2D eigenvalue weighted by molar-refractivity contribution is 0.140. The molecule has 2 fully saturated rings. The molecule has 0 aromatic heterocycles. The number of rotatable bonds is 2. The molecule has 0 saturated carbocycles. The minimum atomic E-state index is 0.748. The smallest absolute Gasteiger partial charge is 0.0593 e. The van der Waals surface area contributed by atoms with Crippen molar-refractivity contribution in [1.29, 1.82) is 0 Å². The molecule has 2 aliphatic heterocycles. The molecular formula is C10H20N2O. The van der Waals surface area contributed by atoms with Gasteiger partial charge in [-0.05, 0) is 25.8 Å². The molecule has 13 heavy (non-hydrogen) atoms. The van der Waals surface area contributed by atoms with Gasteiger partial charge in [0.15, 0.2) is 0 Å². The van der Waals surface area contributed by atoms with Gasteiger partial charge >= 0.3 is 0 Å². The quantitative estimate of drug-likeness (QED) is 0.675. The van der Waals surface area contributed by atoms with Crippen molar-refractivity contribution in [2.45, 2.75) is 25.3 Å². The van der Waals surface area contributed by atoms with Gasteiger partial charge < -0.3 is 10.1 Å². The Morgan fingerprint density at radius 2 is 2.23 bits per heavy atom. The topological polar surface area (TPSA) is 24.5 Å². The van der Waals surface area contributed by atoms with E-state index in [9.17, 15) is 0 Å². The van der Waals surface area contributed by atoms with E-state index in [1.54, 1.807) is 0 Å². The second kappa shape index (κ2) is 4.94. The monoisotopic (exact) mass is 184 g/mol. The highest BCUT2D eigenvalue weighted by atomic mass is 16.5. The second-order valence-electron chi connectivity index (χ2n) is 4.06. The van der Waals surface area contributed by atoms with Crippen molar-refractivity contribution < 1.29 is 4.74 Å². The van der Waals surface area contributed by atoms with Crippen molar-refractivity contribution in [3.63, 3.8) is 0 Å². The van der Waals surface area contributed by atoms with E-state index in [0.29, 0.717) is 0 Å². The minimum absolute atomic E-state index is 0.748. The Hall–Kier alpha value is -0.120. The van der Waals surface area contributed by atoms with E-state index in [1.165, 1.54) is 38.9 Å². The van der Waals surface area contributed by atoms with Crippen LogP contribution in [0.15, 0.2) is 0 Å². The molecule has 0 aliphatic carbocycles. The predicted octanol–water partition coefficient (Wildman–Crippen LogP) is 0.461. The minimum Gasteiger partial charge on any atom is -0.380 e. The van der Waals surface area contributed by atoms with Crippen LogP contribution in [0.2, 0.25) is 0 Å². The van der Waals surface area contributed by atoms with Crippen LogP contribution in [-0.2, 0) is 4.74 Å². The molecule has 76 valence electrons. The summed E-state index contributed by atoms with van der Waals surface area (Å²) >= 11 is 0. The molecule has 2 heterocycles. The van der Waals surface area contributed by atoms with Gasteiger partial charge in [-0.1, -0.05) is 0 Å². The van der Waals surface area contributed by atoms with Crippen LogP contribution >= 0.6 is 0 Å². The van der Waals surface area contributed by atoms with Crippen LogP contribution in [0, 0.1) is 0 Å². The molecule has 0 aromatic rings. The lowest BCUT2D eigenvalue weighted by Gasteiger charge is -2.22. The average molecular weight is 184 g/mol. The highest BCUT2D eigenvalue weighted by molar-refractivity contribution is 4.78. The summed E-state index contributed by atoms with van der Waals surface area (Å²) in [6.07, 6.45) is 3.92. The Balaban J connectivity index is 1.71. The first-order valence-electron chi connectivity index (χ1n) is 5.48. The second-order valence-corrected chi connectivity index (χ2v) is 4.06. The van der Waals surface area contributed by atoms with E-state index in [1.807, 2.05) is 0 Å². The Morgan fingerprint density at radius 1 is 1.23 bits per heavy atom. The van der Waals surface area contributed by atoms with Gasteiger partial charge in [-0.2, -0.15) is 0 Å². The Labute approximate surface area is 80.4 Å². The van der Waals surface area contributed by atoms with Crippen molar-refractivity contribution in [3.05, 3.63) is 0 Å². The van der Waals surface area contributed by atoms with Gasteiger partial charge in [0.1, 0.15) is 0 Å². The van der Waals surface area contributed by atoms with E-state index in [-0.39, 0.29) is 0 Å². The fourth-order valence-electron chi connectivity index (χ4n) is 2.20. The van der Waals surface area contributed by atoms with Crippen LogP contribution in [0.3, 0.4) is 0 Å². The Kier molecular flexibility index (Phi) is 3.58. The predicted molar refractivity (Wildman–Crippen MR) is 52.9 cm³/mol. The van der Waals surface area contributed by atoms with E-state index < -0.39 is 0 Å². The summed E-state index contributed by atoms with van der Waals surface area (Å²) in [7, 11) is 0. The molecule has 3 heteroatoms. The maximum Gasteiger partial charge on any atom is 0.0593 e. The van der Waals surface area contributed by atoms with Crippen LogP contribution in [0.4, 0.5) is 0 Å². The summed E-state index contributed by atoms with van der Waals surface area (Å²) in [4.78, 5) is 2.54. The first kappa shape index (κ1) is 9.44. The zero-order valence-electron chi connectivity index (χ0n) is 8.30. The summed E-state index contributed by atoms with van der Waals surface area (Å²) in [6, 6.07) is 0.748. The summed E-state index contributed by atoms with van der Waals surface area (Å²) < 4.78 is 5.43. The standard InChI is InChI=1S/C10H20N2O/c1-3-10(11-4-1)9-12-5-2-7-13-8-6-12/h10-11H,1-9H2/t10-/m1/s1. The SMILES string of the molecule is C1CN[C@@H](CN2CCCOCC2)C1. The fourth-order valence-corrected chi connectivity index (χ4v) is 2.20. The van der Waals surface area contributed by atoms with Gasteiger partial charge in [0.25, 0.3) is 0 Å². The van der Waals surface area contributed by atoms with E-state index in [4.69, 9.17) is 4.74 Å². The van der Waals surface area contributed by atoms with Crippen LogP contribution in [-0.4, -0.2) is 50.3 Å². The number of ether oxygens (including phenoxy) is 1. The normalized spacial score (nSPS) is 31.8. The summed E-state index contributed by atoms with van der Waals surface area (Å²) in [5.74, 6) is 0. The molecule has 0 spiro atoms. The number of nitrogens with zero attached hydrogens (tertiary/aromatic N) is 1. The zero-order chi connectivity index (χ0) is 8.93. The first-order chi connectivity index (χ1) is 6.45. The third kappa shape index (κ3) is 2.93. The lowest BCUT2D eigenvalue weighted by atomic mass is 10.2. The average Bonchev–Trinajstić information content (AvgIpc) is 2.49. The summed E-state index contributed by atoms with van der Waals surface area (Å²) in [5, 5.41) is 3.54. The van der Waals surface area contributed by atoms with Gasteiger partial charge in [-0.3, -0.25) is 4.90 Å². The third-order valence-corrected chi connectivity index (χ3v) is 2.96. The van der Waals surface area contributed by atoms with Gasteiger partial charge in [0.2, 0.25) is 0 Å². The van der Waals surface area contributed by atoms with Crippen LogP contribution in [0.25, 0.3) is 0 Å². The highest BCUT2D eigenvalue weighted by Crippen LogP contribution is 2.08. The number of hydrogen-bond donors (Lipinski definition) is 1. The molecule has 0 amide bonds. The van der Waals surface area contributed by atoms with Gasteiger partial charge in [0.05, 0.1) is 6.61 Å². The Bertz CT molecular complexity index is 138. The first-order valence-corrected chi connectivity index (χ1v) is 5.48. The molecule has 0 radical (unpaired) electrons. The van der Waals surface area contributed by atoms with Crippen molar-refractivity contribution in [2.24, 2.45) is 0 Å². The third-order valence-electron chi connectivity index (χ3n) is 2.96. The summed E-state index contributed by atoms with van der Waals surface area (Å²) in [6.45, 7) is 6.66. The van der Waals surface area contributed by atoms with Gasteiger partial charge in [-0.25, -0.2) is 0 Å². The maximum absolute atomic E-state index is 5.43. The molecule has 1 N–H and O–H groups in total. The molecule has 2 saturated heterocycles. The molecule has 0 unspecified atom stereocenters. The Morgan fingerprint density at radius 3 is 3.08 bits per heavy atom. The van der Waals surface area contributed by atoms with Crippen molar-refractivity contribution in [2.75, 3.05) is 39.4 Å². The van der Waals surface area contributed by atoms with Crippen LogP contribution in [0.5, 0.6) is 0 Å². The maximum atomic E-state index is 5.43. The van der Waals surface area contributed by atoms with Gasteiger partial charge in [0, 0.05) is 32.3 Å². The van der Waals surface area contributed by atoms with Crippen LogP contribution < -0.4 is 5.32 Å². The zero-order valence-corrected chi connectivity index (χ0v) is 8.30. The molecule has 2 rings (SSSR count). The molecule has 2 aliphatic rings. The molecule has 1 atom stereocenters. The fraction of sp³-hybridized carbons (Fsp3) is 1.00. The molecule has 3 nitrogen and oxygen atoms in total. The number of hydrogen-bond acceptors (Lipinski definition) is 3.